The molecular formula is C12H19N3O. The van der Waals surface area contributed by atoms with Gasteiger partial charge in [0.25, 0.3) is 0 Å². The molecule has 0 atom stereocenters. The Morgan fingerprint density at radius 3 is 2.38 bits per heavy atom. The second-order valence-corrected chi connectivity index (χ2v) is 3.81. The number of hydrogen-bond donors (Lipinski definition) is 2. The van der Waals surface area contributed by atoms with Gasteiger partial charge in [0.2, 0.25) is 0 Å². The number of anilines is 1. The first-order valence-electron chi connectivity index (χ1n) is 5.47. The minimum absolute atomic E-state index is 0.448. The van der Waals surface area contributed by atoms with Crippen molar-refractivity contribution in [3.05, 3.63) is 29.8 Å². The van der Waals surface area contributed by atoms with Gasteiger partial charge >= 0.3 is 6.03 Å². The van der Waals surface area contributed by atoms with Gasteiger partial charge in [-0.25, -0.2) is 4.79 Å². The predicted octanol–water partition coefficient (Wildman–Crippen LogP) is 1.48. The molecule has 2 amide bonds. The number of carbonyl (C=O) groups is 1. The molecule has 0 spiro atoms. The molecule has 0 aliphatic heterocycles. The molecule has 0 aliphatic rings. The Morgan fingerprint density at radius 2 is 1.88 bits per heavy atom. The van der Waals surface area contributed by atoms with E-state index in [0.717, 1.165) is 31.5 Å². The van der Waals surface area contributed by atoms with Crippen LogP contribution in [0.3, 0.4) is 0 Å². The number of unbranched alkanes of at least 4 members (excludes halogenated alkanes) is 1. The summed E-state index contributed by atoms with van der Waals surface area (Å²) in [6, 6.07) is 7.40. The van der Waals surface area contributed by atoms with Crippen molar-refractivity contribution >= 4 is 11.7 Å². The zero-order chi connectivity index (χ0) is 12.0. The van der Waals surface area contributed by atoms with Crippen molar-refractivity contribution < 1.29 is 4.79 Å². The minimum Gasteiger partial charge on any atom is -0.351 e. The molecule has 1 aromatic carbocycles. The molecule has 0 saturated carbocycles. The third-order valence-electron chi connectivity index (χ3n) is 2.57. The van der Waals surface area contributed by atoms with E-state index < -0.39 is 6.03 Å². The molecular weight excluding hydrogens is 202 g/mol. The maximum Gasteiger partial charge on any atom is 0.318 e. The Hall–Kier alpha value is -1.55. The third-order valence-corrected chi connectivity index (χ3v) is 2.57. The summed E-state index contributed by atoms with van der Waals surface area (Å²) in [6.07, 6.45) is 3.17. The second-order valence-electron chi connectivity index (χ2n) is 3.81. The maximum absolute atomic E-state index is 10.9. The number of benzene rings is 1. The number of nitrogens with zero attached hydrogens (tertiary/aromatic N) is 1. The van der Waals surface area contributed by atoms with Crippen LogP contribution in [-0.2, 0) is 6.42 Å². The Bertz CT molecular complexity index is 335. The van der Waals surface area contributed by atoms with Crippen LogP contribution in [0.15, 0.2) is 24.3 Å². The monoisotopic (exact) mass is 221 g/mol. The number of urea groups is 1. The van der Waals surface area contributed by atoms with Crippen LogP contribution in [0.1, 0.15) is 18.4 Å². The number of hydrogen-bond acceptors (Lipinski definition) is 2. The first-order chi connectivity index (χ1) is 7.65. The highest BCUT2D eigenvalue weighted by Crippen LogP contribution is 2.14. The predicted molar refractivity (Wildman–Crippen MR) is 66.4 cm³/mol. The van der Waals surface area contributed by atoms with Crippen LogP contribution in [0.4, 0.5) is 10.5 Å². The normalized spacial score (nSPS) is 10.1. The number of nitrogens with two attached hydrogens (primary N) is 2. The van der Waals surface area contributed by atoms with Crippen LogP contribution in [-0.4, -0.2) is 19.6 Å². The molecule has 4 nitrogen and oxygen atoms in total. The Kier molecular flexibility index (Phi) is 4.79. The van der Waals surface area contributed by atoms with Crippen molar-refractivity contribution in [2.75, 3.05) is 18.5 Å². The summed E-state index contributed by atoms with van der Waals surface area (Å²) in [5.74, 6) is 0. The van der Waals surface area contributed by atoms with Crippen LogP contribution in [0, 0.1) is 0 Å². The standard InChI is InChI=1S/C12H19N3O/c1-15(12(14)16)11-7-5-10(6-8-11)4-2-3-9-13/h5-8H,2-4,9,13H2,1H3,(H2,14,16). The topological polar surface area (TPSA) is 72.3 Å². The Labute approximate surface area is 96.2 Å². The van der Waals surface area contributed by atoms with E-state index in [2.05, 4.69) is 0 Å². The van der Waals surface area contributed by atoms with Crippen LogP contribution in [0.5, 0.6) is 0 Å². The molecule has 0 fully saturated rings. The molecule has 88 valence electrons. The fourth-order valence-electron chi connectivity index (χ4n) is 1.49. The van der Waals surface area contributed by atoms with E-state index >= 15 is 0 Å². The number of primary amides is 1. The molecule has 4 heteroatoms. The summed E-state index contributed by atoms with van der Waals surface area (Å²) in [5, 5.41) is 0. The van der Waals surface area contributed by atoms with E-state index in [-0.39, 0.29) is 0 Å². The average molecular weight is 221 g/mol. The summed E-state index contributed by atoms with van der Waals surface area (Å²) in [6.45, 7) is 0.739. The lowest BCUT2D eigenvalue weighted by Crippen LogP contribution is -2.31. The number of carbonyl (C=O) groups excluding carboxylic acids is 1. The van der Waals surface area contributed by atoms with Crippen LogP contribution >= 0.6 is 0 Å². The van der Waals surface area contributed by atoms with Crippen LogP contribution in [0.2, 0.25) is 0 Å². The van der Waals surface area contributed by atoms with Crippen molar-refractivity contribution in [2.45, 2.75) is 19.3 Å². The highest BCUT2D eigenvalue weighted by Gasteiger charge is 2.05. The van der Waals surface area contributed by atoms with Gasteiger partial charge in [0.1, 0.15) is 0 Å². The van der Waals surface area contributed by atoms with Crippen LogP contribution in [0.25, 0.3) is 0 Å². The lowest BCUT2D eigenvalue weighted by molar-refractivity contribution is 0.255. The van der Waals surface area contributed by atoms with Gasteiger partial charge in [-0.05, 0) is 43.5 Å². The van der Waals surface area contributed by atoms with Gasteiger partial charge < -0.3 is 11.5 Å². The molecule has 0 unspecified atom stereocenters. The lowest BCUT2D eigenvalue weighted by Gasteiger charge is -2.14. The fraction of sp³-hybridized carbons (Fsp3) is 0.417. The van der Waals surface area contributed by atoms with E-state index in [9.17, 15) is 4.79 Å². The summed E-state index contributed by atoms with van der Waals surface area (Å²) in [7, 11) is 1.66. The third kappa shape index (κ3) is 3.55. The van der Waals surface area contributed by atoms with E-state index in [0.29, 0.717) is 0 Å². The number of rotatable bonds is 5. The van der Waals surface area contributed by atoms with Crippen molar-refractivity contribution in [3.63, 3.8) is 0 Å². The summed E-state index contributed by atoms with van der Waals surface area (Å²) in [4.78, 5) is 12.4. The van der Waals surface area contributed by atoms with Gasteiger partial charge in [-0.15, -0.1) is 0 Å². The van der Waals surface area contributed by atoms with Gasteiger partial charge in [-0.1, -0.05) is 12.1 Å². The Balaban J connectivity index is 2.57. The van der Waals surface area contributed by atoms with Crippen molar-refractivity contribution in [3.8, 4) is 0 Å². The first kappa shape index (κ1) is 12.5. The molecule has 0 radical (unpaired) electrons. The Morgan fingerprint density at radius 1 is 1.25 bits per heavy atom. The number of aryl methyl sites for hydroxylation is 1. The van der Waals surface area contributed by atoms with Gasteiger partial charge in [-0.2, -0.15) is 0 Å². The quantitative estimate of drug-likeness (QED) is 0.739. The van der Waals surface area contributed by atoms with E-state index in [1.807, 2.05) is 24.3 Å². The van der Waals surface area contributed by atoms with Gasteiger partial charge in [-0.3, -0.25) is 4.90 Å². The number of amides is 2. The van der Waals surface area contributed by atoms with E-state index in [1.54, 1.807) is 7.05 Å². The molecule has 0 bridgehead atoms. The molecule has 4 N–H and O–H groups in total. The SMILES string of the molecule is CN(C(N)=O)c1ccc(CCCCN)cc1. The molecule has 1 rings (SSSR count). The first-order valence-corrected chi connectivity index (χ1v) is 5.47. The largest absolute Gasteiger partial charge is 0.351 e. The minimum atomic E-state index is -0.448. The van der Waals surface area contributed by atoms with Gasteiger partial charge in [0.05, 0.1) is 0 Å². The van der Waals surface area contributed by atoms with Crippen molar-refractivity contribution in [1.82, 2.24) is 0 Å². The summed E-state index contributed by atoms with van der Waals surface area (Å²) >= 11 is 0. The molecule has 0 saturated heterocycles. The average Bonchev–Trinajstić information content (AvgIpc) is 2.29. The van der Waals surface area contributed by atoms with Gasteiger partial charge in [0.15, 0.2) is 0 Å². The smallest absolute Gasteiger partial charge is 0.318 e. The zero-order valence-corrected chi connectivity index (χ0v) is 9.65. The zero-order valence-electron chi connectivity index (χ0n) is 9.65. The maximum atomic E-state index is 10.9. The van der Waals surface area contributed by atoms with Crippen LogP contribution < -0.4 is 16.4 Å². The molecule has 0 aliphatic carbocycles. The summed E-state index contributed by atoms with van der Waals surface area (Å²) in [5.41, 5.74) is 12.7. The van der Waals surface area contributed by atoms with Crippen molar-refractivity contribution in [2.24, 2.45) is 11.5 Å². The van der Waals surface area contributed by atoms with E-state index in [1.165, 1.54) is 10.5 Å². The summed E-state index contributed by atoms with van der Waals surface area (Å²) < 4.78 is 0. The van der Waals surface area contributed by atoms with E-state index in [4.69, 9.17) is 11.5 Å². The molecule has 0 heterocycles. The second kappa shape index (κ2) is 6.12. The van der Waals surface area contributed by atoms with Gasteiger partial charge in [0, 0.05) is 12.7 Å². The highest BCUT2D eigenvalue weighted by atomic mass is 16.2. The molecule has 1 aromatic rings. The lowest BCUT2D eigenvalue weighted by atomic mass is 10.1. The highest BCUT2D eigenvalue weighted by molar-refractivity contribution is 5.89. The molecule has 0 aromatic heterocycles. The van der Waals surface area contributed by atoms with Crippen molar-refractivity contribution in [1.29, 1.82) is 0 Å². The molecule has 16 heavy (non-hydrogen) atoms. The fourth-order valence-corrected chi connectivity index (χ4v) is 1.49.